The number of halogens is 1. The summed E-state index contributed by atoms with van der Waals surface area (Å²) in [6, 6.07) is 3.56. The van der Waals surface area contributed by atoms with Crippen LogP contribution in [0.2, 0.25) is 0 Å². The molecule has 3 heterocycles. The molecule has 6 rings (SSSR count). The van der Waals surface area contributed by atoms with E-state index in [-0.39, 0.29) is 23.2 Å². The fraction of sp³-hybridized carbons (Fsp3) is 0.370. The molecule has 3 aliphatic rings. The second-order valence-electron chi connectivity index (χ2n) is 10.5. The van der Waals surface area contributed by atoms with Crippen LogP contribution in [-0.2, 0) is 11.3 Å². The Morgan fingerprint density at radius 3 is 2.78 bits per heavy atom. The van der Waals surface area contributed by atoms with E-state index in [1.807, 2.05) is 35.0 Å². The largest absolute Gasteiger partial charge is 0.365 e. The molecule has 3 aromatic heterocycles. The predicted octanol–water partition coefficient (Wildman–Crippen LogP) is 4.38. The molecular formula is C27H28ClN7O2. The number of amides is 2. The van der Waals surface area contributed by atoms with E-state index in [0.717, 1.165) is 42.0 Å². The topological polar surface area (TPSA) is 127 Å². The lowest BCUT2D eigenvalue weighted by molar-refractivity contribution is -0.117. The van der Waals surface area contributed by atoms with Crippen LogP contribution < -0.4 is 16.4 Å². The Bertz CT molecular complexity index is 1470. The highest BCUT2D eigenvalue weighted by Gasteiger charge is 2.52. The molecule has 190 valence electrons. The van der Waals surface area contributed by atoms with Crippen molar-refractivity contribution in [2.75, 3.05) is 10.6 Å². The van der Waals surface area contributed by atoms with Gasteiger partial charge in [-0.1, -0.05) is 30.7 Å². The van der Waals surface area contributed by atoms with Gasteiger partial charge in [-0.05, 0) is 60.6 Å². The molecule has 9 nitrogen and oxygen atoms in total. The quantitative estimate of drug-likeness (QED) is 0.407. The molecule has 0 aromatic carbocycles. The average Bonchev–Trinajstić information content (AvgIpc) is 3.78. The van der Waals surface area contributed by atoms with E-state index in [1.165, 1.54) is 6.33 Å². The summed E-state index contributed by atoms with van der Waals surface area (Å²) >= 11 is 6.25. The Labute approximate surface area is 219 Å². The predicted molar refractivity (Wildman–Crippen MR) is 141 cm³/mol. The first-order valence-electron chi connectivity index (χ1n) is 12.5. The number of pyridine rings is 1. The number of rotatable bonds is 8. The Balaban J connectivity index is 1.10. The number of aromatic nitrogens is 4. The van der Waals surface area contributed by atoms with Gasteiger partial charge >= 0.3 is 0 Å². The van der Waals surface area contributed by atoms with E-state index < -0.39 is 5.91 Å². The molecule has 3 aromatic rings. The average molecular weight is 518 g/mol. The molecule has 0 radical (unpaired) electrons. The highest BCUT2D eigenvalue weighted by atomic mass is 35.5. The van der Waals surface area contributed by atoms with Crippen molar-refractivity contribution in [2.45, 2.75) is 45.1 Å². The Morgan fingerprint density at radius 1 is 1.22 bits per heavy atom. The van der Waals surface area contributed by atoms with Crippen molar-refractivity contribution in [1.82, 2.24) is 19.4 Å². The van der Waals surface area contributed by atoms with Gasteiger partial charge in [-0.2, -0.15) is 0 Å². The Morgan fingerprint density at radius 2 is 2.03 bits per heavy atom. The minimum atomic E-state index is -0.486. The van der Waals surface area contributed by atoms with Gasteiger partial charge in [-0.3, -0.25) is 9.59 Å². The van der Waals surface area contributed by atoms with Crippen LogP contribution in [0, 0.1) is 17.3 Å². The van der Waals surface area contributed by atoms with Crippen LogP contribution in [0.4, 0.5) is 11.6 Å². The van der Waals surface area contributed by atoms with Crippen LogP contribution >= 0.6 is 11.6 Å². The third-order valence-corrected chi connectivity index (χ3v) is 7.84. The number of carbonyl (C=O) groups excluding carboxylic acids is 2. The molecule has 0 spiro atoms. The summed E-state index contributed by atoms with van der Waals surface area (Å²) in [6.07, 6.45) is 15.2. The maximum Gasteiger partial charge on any atom is 0.252 e. The molecule has 4 N–H and O–H groups in total. The molecule has 3 atom stereocenters. The Kier molecular flexibility index (Phi) is 5.75. The number of carbonyl (C=O) groups is 2. The standard InChI is InChI=1S/C27H28ClN7O2/c1-27(6-2-3-17(28)10-27)21-8-19(21)26(37)34-23-9-22(31-14-32-23)30-11-18-13-35-12-16(15-4-5-15)7-20(24(29)36)25(35)33-18/h2-3,6-7,9,12-15,19,21H,4-5,8,10-11H2,1H3,(H2,29,36)(H2,30,31,32,34,37)/t19-,21-,27?/m0/s1. The molecular weight excluding hydrogens is 490 g/mol. The molecule has 10 heteroatoms. The number of nitrogens with one attached hydrogen (secondary N) is 2. The van der Waals surface area contributed by atoms with Crippen LogP contribution in [0.1, 0.15) is 60.1 Å². The Hall–Kier alpha value is -3.72. The molecule has 0 bridgehead atoms. The lowest BCUT2D eigenvalue weighted by Crippen LogP contribution is -2.23. The summed E-state index contributed by atoms with van der Waals surface area (Å²) < 4.78 is 1.87. The van der Waals surface area contributed by atoms with Gasteiger partial charge in [0.05, 0.1) is 17.8 Å². The number of fused-ring (bicyclic) bond motifs is 1. The van der Waals surface area contributed by atoms with E-state index in [0.29, 0.717) is 35.3 Å². The van der Waals surface area contributed by atoms with Gasteiger partial charge in [0.2, 0.25) is 5.91 Å². The monoisotopic (exact) mass is 517 g/mol. The van der Waals surface area contributed by atoms with E-state index in [2.05, 4.69) is 38.6 Å². The SMILES string of the molecule is CC1([C@H]2C[C@@H]2C(=O)Nc2cc(NCc3cn4cc(C5CC5)cc(C(N)=O)c4n3)ncn2)C=CC=C(Cl)C1. The number of allylic oxidation sites excluding steroid dienone is 4. The van der Waals surface area contributed by atoms with Crippen LogP contribution in [0.15, 0.2) is 54.1 Å². The third kappa shape index (κ3) is 4.83. The summed E-state index contributed by atoms with van der Waals surface area (Å²) in [4.78, 5) is 38.0. The number of nitrogens with zero attached hydrogens (tertiary/aromatic N) is 4. The molecule has 0 saturated heterocycles. The number of hydrogen-bond acceptors (Lipinski definition) is 6. The first kappa shape index (κ1) is 23.7. The van der Waals surface area contributed by atoms with Gasteiger partial charge in [0.15, 0.2) is 0 Å². The smallest absolute Gasteiger partial charge is 0.252 e. The zero-order valence-electron chi connectivity index (χ0n) is 20.4. The second-order valence-corrected chi connectivity index (χ2v) is 11.0. The van der Waals surface area contributed by atoms with E-state index in [4.69, 9.17) is 17.3 Å². The third-order valence-electron chi connectivity index (χ3n) is 7.58. The van der Waals surface area contributed by atoms with Gasteiger partial charge in [-0.25, -0.2) is 15.0 Å². The minimum Gasteiger partial charge on any atom is -0.365 e. The van der Waals surface area contributed by atoms with Crippen molar-refractivity contribution in [1.29, 1.82) is 0 Å². The maximum atomic E-state index is 12.9. The van der Waals surface area contributed by atoms with Gasteiger partial charge in [0, 0.05) is 29.4 Å². The first-order chi connectivity index (χ1) is 17.8. The number of primary amides is 1. The van der Waals surface area contributed by atoms with Gasteiger partial charge in [0.25, 0.3) is 5.91 Å². The van der Waals surface area contributed by atoms with Crippen molar-refractivity contribution in [3.05, 3.63) is 70.9 Å². The minimum absolute atomic E-state index is 0.0410. The van der Waals surface area contributed by atoms with Crippen molar-refractivity contribution in [2.24, 2.45) is 23.0 Å². The van der Waals surface area contributed by atoms with Crippen LogP contribution in [-0.4, -0.2) is 31.2 Å². The summed E-state index contributed by atoms with van der Waals surface area (Å²) in [6.45, 7) is 2.54. The van der Waals surface area contributed by atoms with Crippen LogP contribution in [0.25, 0.3) is 5.65 Å². The maximum absolute atomic E-state index is 12.9. The first-order valence-corrected chi connectivity index (χ1v) is 12.9. The second kappa shape index (κ2) is 8.99. The number of anilines is 2. The lowest BCUT2D eigenvalue weighted by atomic mass is 9.78. The zero-order valence-corrected chi connectivity index (χ0v) is 21.2. The normalized spacial score (nSPS) is 24.5. The fourth-order valence-electron chi connectivity index (χ4n) is 5.32. The van der Waals surface area contributed by atoms with Gasteiger partial charge in [-0.15, -0.1) is 0 Å². The lowest BCUT2D eigenvalue weighted by Gasteiger charge is -2.28. The molecule has 2 amide bonds. The highest BCUT2D eigenvalue weighted by molar-refractivity contribution is 6.29. The van der Waals surface area contributed by atoms with Gasteiger partial charge in [0.1, 0.15) is 23.6 Å². The summed E-state index contributed by atoms with van der Waals surface area (Å²) in [7, 11) is 0. The summed E-state index contributed by atoms with van der Waals surface area (Å²) in [5.41, 5.74) is 8.34. The molecule has 3 aliphatic carbocycles. The number of imidazole rings is 1. The molecule has 2 saturated carbocycles. The van der Waals surface area contributed by atoms with Crippen molar-refractivity contribution < 1.29 is 9.59 Å². The van der Waals surface area contributed by atoms with Crippen molar-refractivity contribution >= 4 is 40.7 Å². The zero-order chi connectivity index (χ0) is 25.7. The van der Waals surface area contributed by atoms with Crippen LogP contribution in [0.5, 0.6) is 0 Å². The molecule has 37 heavy (non-hydrogen) atoms. The molecule has 0 aliphatic heterocycles. The van der Waals surface area contributed by atoms with E-state index in [1.54, 1.807) is 6.07 Å². The van der Waals surface area contributed by atoms with E-state index >= 15 is 0 Å². The molecule has 2 fully saturated rings. The summed E-state index contributed by atoms with van der Waals surface area (Å²) in [5.74, 6) is 1.15. The summed E-state index contributed by atoms with van der Waals surface area (Å²) in [5, 5.41) is 6.98. The number of nitrogens with two attached hydrogens (primary N) is 1. The van der Waals surface area contributed by atoms with Crippen molar-refractivity contribution in [3.8, 4) is 0 Å². The molecule has 1 unspecified atom stereocenters. The van der Waals surface area contributed by atoms with E-state index in [9.17, 15) is 9.59 Å². The van der Waals surface area contributed by atoms with Crippen molar-refractivity contribution in [3.63, 3.8) is 0 Å². The van der Waals surface area contributed by atoms with Crippen LogP contribution in [0.3, 0.4) is 0 Å². The fourth-order valence-corrected chi connectivity index (χ4v) is 5.68. The highest BCUT2D eigenvalue weighted by Crippen LogP contribution is 2.56. The van der Waals surface area contributed by atoms with Gasteiger partial charge < -0.3 is 20.8 Å². The number of hydrogen-bond donors (Lipinski definition) is 3.